The molecule has 1 heteroatoms. The molecule has 0 saturated heterocycles. The van der Waals surface area contributed by atoms with Crippen LogP contribution in [0.15, 0.2) is 24.3 Å². The molecule has 1 nitrogen and oxygen atoms in total. The molecule has 0 aliphatic heterocycles. The second-order valence-electron chi connectivity index (χ2n) is 3.13. The summed E-state index contributed by atoms with van der Waals surface area (Å²) in [6.45, 7) is 3.83. The van der Waals surface area contributed by atoms with E-state index in [1.165, 1.54) is 5.56 Å². The molecule has 1 radical (unpaired) electrons. The first-order valence-electron chi connectivity index (χ1n) is 4.48. The summed E-state index contributed by atoms with van der Waals surface area (Å²) in [5.41, 5.74) is 2.21. The smallest absolute Gasteiger partial charge is 0.115 e. The average molecular weight is 163 g/mol. The molecular weight excluding hydrogens is 148 g/mol. The van der Waals surface area contributed by atoms with Crippen LogP contribution in [0.1, 0.15) is 37.5 Å². The van der Waals surface area contributed by atoms with Gasteiger partial charge in [-0.2, -0.15) is 0 Å². The second-order valence-corrected chi connectivity index (χ2v) is 3.13. The van der Waals surface area contributed by atoms with E-state index >= 15 is 0 Å². The van der Waals surface area contributed by atoms with Crippen molar-refractivity contribution in [3.63, 3.8) is 0 Å². The van der Waals surface area contributed by atoms with Crippen LogP contribution in [-0.4, -0.2) is 0 Å². The summed E-state index contributed by atoms with van der Waals surface area (Å²) >= 11 is 0. The van der Waals surface area contributed by atoms with Gasteiger partial charge in [-0.3, -0.25) is 0 Å². The molecule has 0 bridgehead atoms. The van der Waals surface area contributed by atoms with Crippen LogP contribution in [0.3, 0.4) is 0 Å². The van der Waals surface area contributed by atoms with Gasteiger partial charge < -0.3 is 0 Å². The Labute approximate surface area is 74.1 Å². The van der Waals surface area contributed by atoms with Crippen LogP contribution in [0, 0.1) is 0 Å². The molecule has 0 spiro atoms. The van der Waals surface area contributed by atoms with Crippen molar-refractivity contribution in [2.75, 3.05) is 0 Å². The highest BCUT2D eigenvalue weighted by Gasteiger charge is 2.00. The number of hydrogen-bond acceptors (Lipinski definition) is 0. The van der Waals surface area contributed by atoms with E-state index in [4.69, 9.17) is 0 Å². The first-order chi connectivity index (χ1) is 5.74. The van der Waals surface area contributed by atoms with Gasteiger partial charge in [-0.15, -0.1) is 0 Å². The van der Waals surface area contributed by atoms with Gasteiger partial charge in [0, 0.05) is 0 Å². The van der Waals surface area contributed by atoms with Crippen molar-refractivity contribution in [1.82, 2.24) is 0 Å². The molecule has 0 N–H and O–H groups in total. The summed E-state index contributed by atoms with van der Waals surface area (Å²) in [6.07, 6.45) is 1.67. The molecule has 0 fully saturated rings. The lowest BCUT2D eigenvalue weighted by atomic mass is 10.1. The maximum absolute atomic E-state index is 11.0. The molecule has 12 heavy (non-hydrogen) atoms. The Bertz CT molecular complexity index is 223. The molecule has 1 atom stereocenters. The van der Waals surface area contributed by atoms with E-state index in [2.05, 4.69) is 6.92 Å². The number of rotatable bonds is 3. The van der Waals surface area contributed by atoms with E-state index in [0.29, 0.717) is 0 Å². The lowest BCUT2D eigenvalue weighted by Crippen LogP contribution is -1.89. The minimum Gasteiger partial charge on any atom is -0.228 e. The minimum absolute atomic E-state index is 0.597. The molecule has 65 valence electrons. The van der Waals surface area contributed by atoms with Crippen molar-refractivity contribution >= 4 is 0 Å². The van der Waals surface area contributed by atoms with E-state index in [9.17, 15) is 5.11 Å². The molecule has 1 aromatic rings. The zero-order chi connectivity index (χ0) is 8.97. The van der Waals surface area contributed by atoms with E-state index in [1.807, 2.05) is 24.3 Å². The number of aryl methyl sites for hydroxylation is 1. The summed E-state index contributed by atoms with van der Waals surface area (Å²) in [7, 11) is 0. The van der Waals surface area contributed by atoms with Crippen LogP contribution in [0.4, 0.5) is 0 Å². The molecule has 0 amide bonds. The number of hydrogen-bond donors (Lipinski definition) is 0. The van der Waals surface area contributed by atoms with Crippen LogP contribution in [-0.2, 0) is 11.5 Å². The van der Waals surface area contributed by atoms with E-state index < -0.39 is 6.10 Å². The SMILES string of the molecule is CCCc1ccc(C(C)[O])cc1. The molecule has 1 rings (SSSR count). The fourth-order valence-electron chi connectivity index (χ4n) is 1.24. The Kier molecular flexibility index (Phi) is 3.30. The van der Waals surface area contributed by atoms with Gasteiger partial charge in [0.1, 0.15) is 6.10 Å². The van der Waals surface area contributed by atoms with Gasteiger partial charge in [0.25, 0.3) is 0 Å². The largest absolute Gasteiger partial charge is 0.228 e. The van der Waals surface area contributed by atoms with E-state index in [1.54, 1.807) is 6.92 Å². The average Bonchev–Trinajstić information content (AvgIpc) is 2.06. The predicted molar refractivity (Wildman–Crippen MR) is 49.5 cm³/mol. The molecule has 0 saturated carbocycles. The fourth-order valence-corrected chi connectivity index (χ4v) is 1.24. The molecule has 0 aromatic heterocycles. The van der Waals surface area contributed by atoms with Gasteiger partial charge in [-0.1, -0.05) is 37.6 Å². The van der Waals surface area contributed by atoms with Crippen molar-refractivity contribution in [2.24, 2.45) is 0 Å². The molecule has 0 heterocycles. The fraction of sp³-hybridized carbons (Fsp3) is 0.455. The topological polar surface area (TPSA) is 19.9 Å². The summed E-state index contributed by atoms with van der Waals surface area (Å²) in [4.78, 5) is 0. The molecule has 1 unspecified atom stereocenters. The Morgan fingerprint density at radius 1 is 1.25 bits per heavy atom. The van der Waals surface area contributed by atoms with Crippen LogP contribution in [0.2, 0.25) is 0 Å². The zero-order valence-electron chi connectivity index (χ0n) is 7.71. The summed E-state index contributed by atoms with van der Waals surface area (Å²) in [5, 5.41) is 11.0. The third-order valence-electron chi connectivity index (χ3n) is 1.99. The van der Waals surface area contributed by atoms with Gasteiger partial charge in [0.05, 0.1) is 0 Å². The van der Waals surface area contributed by atoms with Gasteiger partial charge in [-0.25, -0.2) is 5.11 Å². The first kappa shape index (κ1) is 9.27. The third-order valence-corrected chi connectivity index (χ3v) is 1.99. The van der Waals surface area contributed by atoms with Gasteiger partial charge in [0.15, 0.2) is 0 Å². The minimum atomic E-state index is -0.597. The molecule has 0 aliphatic carbocycles. The van der Waals surface area contributed by atoms with Gasteiger partial charge >= 0.3 is 0 Å². The first-order valence-corrected chi connectivity index (χ1v) is 4.48. The lowest BCUT2D eigenvalue weighted by molar-refractivity contribution is 0.106. The maximum Gasteiger partial charge on any atom is 0.115 e. The second kappa shape index (κ2) is 4.27. The van der Waals surface area contributed by atoms with Crippen molar-refractivity contribution in [1.29, 1.82) is 0 Å². The highest BCUT2D eigenvalue weighted by molar-refractivity contribution is 5.23. The van der Waals surface area contributed by atoms with Crippen LogP contribution >= 0.6 is 0 Å². The quantitative estimate of drug-likeness (QED) is 0.652. The van der Waals surface area contributed by atoms with Crippen LogP contribution < -0.4 is 0 Å². The van der Waals surface area contributed by atoms with Crippen LogP contribution in [0.25, 0.3) is 0 Å². The Morgan fingerprint density at radius 3 is 2.25 bits per heavy atom. The third kappa shape index (κ3) is 2.35. The Hall–Kier alpha value is -0.820. The normalized spacial score (nSPS) is 12.9. The monoisotopic (exact) mass is 163 g/mol. The highest BCUT2D eigenvalue weighted by Crippen LogP contribution is 2.13. The molecule has 1 aromatic carbocycles. The Morgan fingerprint density at radius 2 is 1.83 bits per heavy atom. The standard InChI is InChI=1S/C11H15O/c1-3-4-10-5-7-11(8-6-10)9(2)12/h5-9H,3-4H2,1-2H3. The maximum atomic E-state index is 11.0. The summed E-state index contributed by atoms with van der Waals surface area (Å²) in [6, 6.07) is 7.96. The predicted octanol–water partition coefficient (Wildman–Crippen LogP) is 3.13. The van der Waals surface area contributed by atoms with Crippen molar-refractivity contribution in [3.05, 3.63) is 35.4 Å². The molecular formula is C11H15O. The van der Waals surface area contributed by atoms with Gasteiger partial charge in [0.2, 0.25) is 0 Å². The van der Waals surface area contributed by atoms with E-state index in [-0.39, 0.29) is 0 Å². The van der Waals surface area contributed by atoms with Crippen LogP contribution in [0.5, 0.6) is 0 Å². The summed E-state index contributed by atoms with van der Waals surface area (Å²) in [5.74, 6) is 0. The highest BCUT2D eigenvalue weighted by atomic mass is 16.3. The van der Waals surface area contributed by atoms with E-state index in [0.717, 1.165) is 18.4 Å². The van der Waals surface area contributed by atoms with Crippen molar-refractivity contribution in [3.8, 4) is 0 Å². The number of benzene rings is 1. The van der Waals surface area contributed by atoms with Crippen molar-refractivity contribution in [2.45, 2.75) is 32.8 Å². The zero-order valence-corrected chi connectivity index (χ0v) is 7.71. The summed E-state index contributed by atoms with van der Waals surface area (Å²) < 4.78 is 0. The molecule has 0 aliphatic rings. The van der Waals surface area contributed by atoms with Gasteiger partial charge in [-0.05, 0) is 24.5 Å². The lowest BCUT2D eigenvalue weighted by Gasteiger charge is -2.03. The Balaban J connectivity index is 2.71. The van der Waals surface area contributed by atoms with Crippen molar-refractivity contribution < 1.29 is 5.11 Å².